The summed E-state index contributed by atoms with van der Waals surface area (Å²) in [6, 6.07) is 7.73. The maximum absolute atomic E-state index is 11.8. The summed E-state index contributed by atoms with van der Waals surface area (Å²) < 4.78 is 1.79. The van der Waals surface area contributed by atoms with Crippen LogP contribution in [0.5, 0.6) is 0 Å². The van der Waals surface area contributed by atoms with E-state index in [0.29, 0.717) is 13.0 Å². The third-order valence-corrected chi connectivity index (χ3v) is 3.02. The normalized spacial score (nSPS) is 11.4. The summed E-state index contributed by atoms with van der Waals surface area (Å²) in [6.45, 7) is 6.58. The van der Waals surface area contributed by atoms with Gasteiger partial charge in [0, 0.05) is 19.7 Å². The van der Waals surface area contributed by atoms with E-state index in [4.69, 9.17) is 0 Å². The van der Waals surface area contributed by atoms with E-state index in [1.54, 1.807) is 10.9 Å². The van der Waals surface area contributed by atoms with Crippen LogP contribution in [0.4, 0.5) is 0 Å². The standard InChI is InChI=1S/C16H22N4O/c1-16(2,3)10-15(21)18-11-12-9-14(20(4)19-12)13-7-5-6-8-17-13/h5-9H,10-11H2,1-4H3,(H,18,21). The molecule has 2 aromatic heterocycles. The van der Waals surface area contributed by atoms with E-state index in [0.717, 1.165) is 17.1 Å². The zero-order chi connectivity index (χ0) is 15.5. The van der Waals surface area contributed by atoms with Crippen LogP contribution in [0, 0.1) is 5.41 Å². The van der Waals surface area contributed by atoms with Crippen LogP contribution in [0.2, 0.25) is 0 Å². The van der Waals surface area contributed by atoms with Gasteiger partial charge in [0.2, 0.25) is 5.91 Å². The van der Waals surface area contributed by atoms with Gasteiger partial charge in [-0.2, -0.15) is 5.10 Å². The van der Waals surface area contributed by atoms with Crippen molar-refractivity contribution < 1.29 is 4.79 Å². The molecule has 5 heteroatoms. The molecule has 0 radical (unpaired) electrons. The molecule has 0 spiro atoms. The van der Waals surface area contributed by atoms with Gasteiger partial charge in [0.25, 0.3) is 0 Å². The van der Waals surface area contributed by atoms with Crippen LogP contribution >= 0.6 is 0 Å². The Balaban J connectivity index is 2.02. The maximum Gasteiger partial charge on any atom is 0.220 e. The average Bonchev–Trinajstić information content (AvgIpc) is 2.77. The SMILES string of the molecule is Cn1nc(CNC(=O)CC(C)(C)C)cc1-c1ccccn1. The third-order valence-electron chi connectivity index (χ3n) is 3.02. The number of nitrogens with one attached hydrogen (secondary N) is 1. The quantitative estimate of drug-likeness (QED) is 0.939. The first-order chi connectivity index (χ1) is 9.85. The monoisotopic (exact) mass is 286 g/mol. The largest absolute Gasteiger partial charge is 0.350 e. The van der Waals surface area contributed by atoms with Crippen molar-refractivity contribution in [3.63, 3.8) is 0 Å². The molecule has 5 nitrogen and oxygen atoms in total. The molecule has 1 amide bonds. The number of hydrogen-bond donors (Lipinski definition) is 1. The number of rotatable bonds is 4. The molecule has 0 saturated heterocycles. The first-order valence-electron chi connectivity index (χ1n) is 7.06. The van der Waals surface area contributed by atoms with E-state index in [9.17, 15) is 4.79 Å². The Morgan fingerprint density at radius 3 is 2.71 bits per heavy atom. The van der Waals surface area contributed by atoms with Gasteiger partial charge >= 0.3 is 0 Å². The molecule has 0 unspecified atom stereocenters. The van der Waals surface area contributed by atoms with Gasteiger partial charge in [-0.25, -0.2) is 0 Å². The number of aromatic nitrogens is 3. The summed E-state index contributed by atoms with van der Waals surface area (Å²) in [5.74, 6) is 0.0486. The van der Waals surface area contributed by atoms with Crippen molar-refractivity contribution in [3.8, 4) is 11.4 Å². The molecule has 0 aliphatic rings. The van der Waals surface area contributed by atoms with Crippen molar-refractivity contribution in [2.45, 2.75) is 33.7 Å². The number of carbonyl (C=O) groups excluding carboxylic acids is 1. The molecule has 0 saturated carbocycles. The Morgan fingerprint density at radius 2 is 2.10 bits per heavy atom. The number of carbonyl (C=O) groups is 1. The topological polar surface area (TPSA) is 59.8 Å². The van der Waals surface area contributed by atoms with Crippen LogP contribution in [-0.2, 0) is 18.4 Å². The molecule has 1 N–H and O–H groups in total. The summed E-state index contributed by atoms with van der Waals surface area (Å²) in [5.41, 5.74) is 2.64. The van der Waals surface area contributed by atoms with E-state index >= 15 is 0 Å². The Kier molecular flexibility index (Phi) is 4.40. The zero-order valence-electron chi connectivity index (χ0n) is 13.1. The highest BCUT2D eigenvalue weighted by Gasteiger charge is 2.16. The molecule has 0 bridgehead atoms. The predicted octanol–water partition coefficient (Wildman–Crippen LogP) is 2.53. The molecular weight excluding hydrogens is 264 g/mol. The summed E-state index contributed by atoms with van der Waals surface area (Å²) in [4.78, 5) is 16.2. The van der Waals surface area contributed by atoms with Crippen molar-refractivity contribution in [2.75, 3.05) is 0 Å². The van der Waals surface area contributed by atoms with Gasteiger partial charge in [0.15, 0.2) is 0 Å². The van der Waals surface area contributed by atoms with Crippen LogP contribution in [0.25, 0.3) is 11.4 Å². The van der Waals surface area contributed by atoms with E-state index in [1.807, 2.05) is 52.1 Å². The molecule has 0 fully saturated rings. The lowest BCUT2D eigenvalue weighted by Gasteiger charge is -2.16. The fraction of sp³-hybridized carbons (Fsp3) is 0.438. The Bertz CT molecular complexity index is 611. The van der Waals surface area contributed by atoms with Gasteiger partial charge in [-0.3, -0.25) is 14.5 Å². The molecule has 0 aromatic carbocycles. The molecule has 112 valence electrons. The lowest BCUT2D eigenvalue weighted by Crippen LogP contribution is -2.27. The van der Waals surface area contributed by atoms with Gasteiger partial charge in [-0.05, 0) is 23.6 Å². The second kappa shape index (κ2) is 6.08. The first-order valence-corrected chi connectivity index (χ1v) is 7.06. The minimum absolute atomic E-state index is 0.00663. The minimum atomic E-state index is -0.00663. The van der Waals surface area contributed by atoms with Gasteiger partial charge in [0.05, 0.1) is 23.6 Å². The highest BCUT2D eigenvalue weighted by atomic mass is 16.1. The Labute approximate surface area is 125 Å². The summed E-state index contributed by atoms with van der Waals surface area (Å²) in [7, 11) is 1.88. The zero-order valence-corrected chi connectivity index (χ0v) is 13.1. The second-order valence-electron chi connectivity index (χ2n) is 6.37. The van der Waals surface area contributed by atoms with Crippen LogP contribution < -0.4 is 5.32 Å². The minimum Gasteiger partial charge on any atom is -0.350 e. The molecule has 0 atom stereocenters. The summed E-state index contributed by atoms with van der Waals surface area (Å²) in [5, 5.41) is 7.33. The van der Waals surface area contributed by atoms with Crippen LogP contribution in [0.15, 0.2) is 30.5 Å². The van der Waals surface area contributed by atoms with Crippen molar-refractivity contribution in [2.24, 2.45) is 12.5 Å². The average molecular weight is 286 g/mol. The van der Waals surface area contributed by atoms with Gasteiger partial charge in [-0.1, -0.05) is 26.8 Å². The molecule has 2 aromatic rings. The summed E-state index contributed by atoms with van der Waals surface area (Å²) in [6.07, 6.45) is 2.26. The van der Waals surface area contributed by atoms with Crippen molar-refractivity contribution >= 4 is 5.91 Å². The fourth-order valence-corrected chi connectivity index (χ4v) is 2.10. The van der Waals surface area contributed by atoms with Gasteiger partial charge in [0.1, 0.15) is 0 Å². The molecule has 2 rings (SSSR count). The third kappa shape index (κ3) is 4.41. The van der Waals surface area contributed by atoms with Crippen LogP contribution in [0.3, 0.4) is 0 Å². The second-order valence-corrected chi connectivity index (χ2v) is 6.37. The van der Waals surface area contributed by atoms with Crippen LogP contribution in [0.1, 0.15) is 32.9 Å². The van der Waals surface area contributed by atoms with E-state index < -0.39 is 0 Å². The first kappa shape index (κ1) is 15.2. The number of aryl methyl sites for hydroxylation is 1. The fourth-order valence-electron chi connectivity index (χ4n) is 2.10. The smallest absolute Gasteiger partial charge is 0.220 e. The Morgan fingerprint density at radius 1 is 1.33 bits per heavy atom. The summed E-state index contributed by atoms with van der Waals surface area (Å²) >= 11 is 0. The Hall–Kier alpha value is -2.17. The van der Waals surface area contributed by atoms with Crippen molar-refractivity contribution in [3.05, 3.63) is 36.2 Å². The number of hydrogen-bond acceptors (Lipinski definition) is 3. The van der Waals surface area contributed by atoms with E-state index in [2.05, 4.69) is 15.4 Å². The lowest BCUT2D eigenvalue weighted by atomic mass is 9.92. The predicted molar refractivity (Wildman–Crippen MR) is 82.4 cm³/mol. The van der Waals surface area contributed by atoms with Gasteiger partial charge in [-0.15, -0.1) is 0 Å². The molecular formula is C16H22N4O. The number of nitrogens with zero attached hydrogens (tertiary/aromatic N) is 3. The number of pyridine rings is 1. The van der Waals surface area contributed by atoms with Crippen molar-refractivity contribution in [1.82, 2.24) is 20.1 Å². The van der Waals surface area contributed by atoms with Crippen molar-refractivity contribution in [1.29, 1.82) is 0 Å². The lowest BCUT2D eigenvalue weighted by molar-refractivity contribution is -0.123. The highest BCUT2D eigenvalue weighted by Crippen LogP contribution is 2.19. The van der Waals surface area contributed by atoms with E-state index in [1.165, 1.54) is 0 Å². The van der Waals surface area contributed by atoms with Crippen LogP contribution in [-0.4, -0.2) is 20.7 Å². The number of amides is 1. The van der Waals surface area contributed by atoms with E-state index in [-0.39, 0.29) is 11.3 Å². The molecule has 0 aliphatic heterocycles. The molecule has 21 heavy (non-hydrogen) atoms. The molecule has 2 heterocycles. The maximum atomic E-state index is 11.8. The molecule has 0 aliphatic carbocycles. The highest BCUT2D eigenvalue weighted by molar-refractivity contribution is 5.76. The van der Waals surface area contributed by atoms with Gasteiger partial charge < -0.3 is 5.32 Å².